The number of piperidine rings is 1. The number of likely N-dealkylation sites (tertiary alicyclic amines) is 1. The third kappa shape index (κ3) is 2.90. The maximum atomic E-state index is 12.1. The van der Waals surface area contributed by atoms with Gasteiger partial charge in [0.2, 0.25) is 0 Å². The molecule has 1 aromatic rings. The molecule has 0 atom stereocenters. The van der Waals surface area contributed by atoms with Gasteiger partial charge in [0.15, 0.2) is 0 Å². The summed E-state index contributed by atoms with van der Waals surface area (Å²) in [5, 5.41) is 0. The van der Waals surface area contributed by atoms with Crippen LogP contribution in [-0.2, 0) is 10.0 Å². The minimum Gasteiger partial charge on any atom is -0.362 e. The predicted octanol–water partition coefficient (Wildman–Crippen LogP) is 2.20. The highest BCUT2D eigenvalue weighted by Crippen LogP contribution is 2.17. The molecule has 0 saturated carbocycles. The van der Waals surface area contributed by atoms with Crippen molar-refractivity contribution in [2.24, 2.45) is 4.40 Å². The molecule has 1 aliphatic rings. The van der Waals surface area contributed by atoms with Crippen molar-refractivity contribution < 1.29 is 8.42 Å². The number of rotatable bonds is 2. The van der Waals surface area contributed by atoms with Crippen LogP contribution in [0.1, 0.15) is 24.8 Å². The standard InChI is InChI=1S/C13H18N2O2S/c1-11-6-8-12(9-7-11)18(16,17)14-13-5-3-4-10-15(13)2/h6-9H,3-5,10H2,1-2H3/b14-13+. The summed E-state index contributed by atoms with van der Waals surface area (Å²) in [6.07, 6.45) is 2.84. The van der Waals surface area contributed by atoms with Crippen molar-refractivity contribution in [2.75, 3.05) is 13.6 Å². The van der Waals surface area contributed by atoms with Gasteiger partial charge in [-0.1, -0.05) is 17.7 Å². The Balaban J connectivity index is 2.31. The van der Waals surface area contributed by atoms with E-state index < -0.39 is 10.0 Å². The molecule has 18 heavy (non-hydrogen) atoms. The Labute approximate surface area is 108 Å². The number of hydrogen-bond acceptors (Lipinski definition) is 2. The quantitative estimate of drug-likeness (QED) is 0.824. The Kier molecular flexibility index (Phi) is 3.71. The number of benzene rings is 1. The van der Waals surface area contributed by atoms with Gasteiger partial charge in [0.05, 0.1) is 4.90 Å². The zero-order valence-electron chi connectivity index (χ0n) is 10.8. The summed E-state index contributed by atoms with van der Waals surface area (Å²) in [6, 6.07) is 6.80. The SMILES string of the molecule is Cc1ccc(S(=O)(=O)/N=C2\CCCCN2C)cc1. The van der Waals surface area contributed by atoms with Crippen molar-refractivity contribution in [2.45, 2.75) is 31.1 Å². The van der Waals surface area contributed by atoms with Crippen LogP contribution in [0.2, 0.25) is 0 Å². The van der Waals surface area contributed by atoms with Gasteiger partial charge in [0.1, 0.15) is 5.84 Å². The average molecular weight is 266 g/mol. The van der Waals surface area contributed by atoms with Gasteiger partial charge in [-0.05, 0) is 31.9 Å². The second-order valence-corrected chi connectivity index (χ2v) is 6.28. The first-order chi connectivity index (χ1) is 8.49. The fraction of sp³-hybridized carbons (Fsp3) is 0.462. The minimum absolute atomic E-state index is 0.263. The predicted molar refractivity (Wildman–Crippen MR) is 72.3 cm³/mol. The van der Waals surface area contributed by atoms with E-state index in [0.717, 1.165) is 31.4 Å². The van der Waals surface area contributed by atoms with E-state index in [0.29, 0.717) is 5.84 Å². The molecule has 1 aromatic carbocycles. The molecule has 0 spiro atoms. The molecule has 98 valence electrons. The van der Waals surface area contributed by atoms with Gasteiger partial charge in [0.25, 0.3) is 10.0 Å². The molecule has 1 saturated heterocycles. The lowest BCUT2D eigenvalue weighted by molar-refractivity contribution is 0.434. The molecule has 0 radical (unpaired) electrons. The number of sulfonamides is 1. The molecule has 1 heterocycles. The van der Waals surface area contributed by atoms with E-state index >= 15 is 0 Å². The average Bonchev–Trinajstić information content (AvgIpc) is 2.32. The zero-order valence-corrected chi connectivity index (χ0v) is 11.6. The molecule has 0 aliphatic carbocycles. The lowest BCUT2D eigenvalue weighted by Crippen LogP contribution is -2.32. The lowest BCUT2D eigenvalue weighted by Gasteiger charge is -2.25. The maximum Gasteiger partial charge on any atom is 0.283 e. The fourth-order valence-corrected chi connectivity index (χ4v) is 3.06. The van der Waals surface area contributed by atoms with Crippen LogP contribution in [0.3, 0.4) is 0 Å². The molecule has 1 aliphatic heterocycles. The van der Waals surface area contributed by atoms with E-state index in [1.807, 2.05) is 18.9 Å². The first kappa shape index (κ1) is 13.1. The summed E-state index contributed by atoms with van der Waals surface area (Å²) in [4.78, 5) is 2.19. The van der Waals surface area contributed by atoms with Crippen molar-refractivity contribution >= 4 is 15.9 Å². The fourth-order valence-electron chi connectivity index (χ4n) is 1.97. The second-order valence-electron chi connectivity index (χ2n) is 4.67. The van der Waals surface area contributed by atoms with E-state index in [-0.39, 0.29) is 4.90 Å². The molecule has 4 nitrogen and oxygen atoms in total. The van der Waals surface area contributed by atoms with Gasteiger partial charge in [-0.25, -0.2) is 0 Å². The highest BCUT2D eigenvalue weighted by molar-refractivity contribution is 7.90. The Morgan fingerprint density at radius 1 is 1.17 bits per heavy atom. The summed E-state index contributed by atoms with van der Waals surface area (Å²) in [5.41, 5.74) is 1.04. The largest absolute Gasteiger partial charge is 0.362 e. The van der Waals surface area contributed by atoms with E-state index in [1.54, 1.807) is 24.3 Å². The van der Waals surface area contributed by atoms with Crippen molar-refractivity contribution in [3.63, 3.8) is 0 Å². The van der Waals surface area contributed by atoms with Crippen LogP contribution in [0, 0.1) is 6.92 Å². The van der Waals surface area contributed by atoms with Gasteiger partial charge in [-0.3, -0.25) is 0 Å². The Morgan fingerprint density at radius 3 is 2.44 bits per heavy atom. The molecular formula is C13H18N2O2S. The minimum atomic E-state index is -3.56. The molecule has 0 bridgehead atoms. The Bertz CT molecular complexity index is 547. The first-order valence-corrected chi connectivity index (χ1v) is 7.55. The van der Waals surface area contributed by atoms with Crippen molar-refractivity contribution in [1.29, 1.82) is 0 Å². The number of hydrogen-bond donors (Lipinski definition) is 0. The summed E-state index contributed by atoms with van der Waals surface area (Å²) in [5.74, 6) is 0.668. The summed E-state index contributed by atoms with van der Waals surface area (Å²) < 4.78 is 28.2. The third-order valence-electron chi connectivity index (χ3n) is 3.13. The van der Waals surface area contributed by atoms with Crippen LogP contribution in [0.25, 0.3) is 0 Å². The van der Waals surface area contributed by atoms with Crippen LogP contribution < -0.4 is 0 Å². The number of aryl methyl sites for hydroxylation is 1. The first-order valence-electron chi connectivity index (χ1n) is 6.11. The van der Waals surface area contributed by atoms with Gasteiger partial charge in [-0.15, -0.1) is 4.40 Å². The van der Waals surface area contributed by atoms with Crippen LogP contribution in [0.15, 0.2) is 33.6 Å². The van der Waals surface area contributed by atoms with E-state index in [9.17, 15) is 8.42 Å². The number of nitrogens with zero attached hydrogens (tertiary/aromatic N) is 2. The second kappa shape index (κ2) is 5.10. The zero-order chi connectivity index (χ0) is 13.2. The highest BCUT2D eigenvalue weighted by Gasteiger charge is 2.18. The molecular weight excluding hydrogens is 248 g/mol. The van der Waals surface area contributed by atoms with Gasteiger partial charge < -0.3 is 4.90 Å². The summed E-state index contributed by atoms with van der Waals surface area (Å²) in [6.45, 7) is 2.81. The third-order valence-corrected chi connectivity index (χ3v) is 4.45. The smallest absolute Gasteiger partial charge is 0.283 e. The molecule has 0 aromatic heterocycles. The summed E-state index contributed by atoms with van der Waals surface area (Å²) >= 11 is 0. The van der Waals surface area contributed by atoms with Gasteiger partial charge in [-0.2, -0.15) is 8.42 Å². The normalized spacial score (nSPS) is 19.2. The van der Waals surface area contributed by atoms with Crippen molar-refractivity contribution in [3.8, 4) is 0 Å². The van der Waals surface area contributed by atoms with E-state index in [1.165, 1.54) is 0 Å². The topological polar surface area (TPSA) is 49.7 Å². The Hall–Kier alpha value is -1.36. The van der Waals surface area contributed by atoms with Crippen LogP contribution >= 0.6 is 0 Å². The molecule has 0 unspecified atom stereocenters. The van der Waals surface area contributed by atoms with E-state index in [2.05, 4.69) is 4.40 Å². The van der Waals surface area contributed by atoms with Crippen molar-refractivity contribution in [1.82, 2.24) is 4.90 Å². The molecule has 2 rings (SSSR count). The van der Waals surface area contributed by atoms with Crippen LogP contribution in [0.5, 0.6) is 0 Å². The molecule has 0 N–H and O–H groups in total. The monoisotopic (exact) mass is 266 g/mol. The maximum absolute atomic E-state index is 12.1. The number of amidine groups is 1. The molecule has 0 amide bonds. The Morgan fingerprint density at radius 2 is 1.83 bits per heavy atom. The van der Waals surface area contributed by atoms with Gasteiger partial charge >= 0.3 is 0 Å². The molecule has 5 heteroatoms. The van der Waals surface area contributed by atoms with Crippen LogP contribution in [-0.4, -0.2) is 32.7 Å². The van der Waals surface area contributed by atoms with Crippen LogP contribution in [0.4, 0.5) is 0 Å². The van der Waals surface area contributed by atoms with Crippen molar-refractivity contribution in [3.05, 3.63) is 29.8 Å². The summed E-state index contributed by atoms with van der Waals surface area (Å²) in [7, 11) is -1.67. The molecule has 1 fully saturated rings. The van der Waals surface area contributed by atoms with Gasteiger partial charge in [0, 0.05) is 20.0 Å². The van der Waals surface area contributed by atoms with E-state index in [4.69, 9.17) is 0 Å². The lowest BCUT2D eigenvalue weighted by atomic mass is 10.1. The highest BCUT2D eigenvalue weighted by atomic mass is 32.2.